The van der Waals surface area contributed by atoms with Gasteiger partial charge in [-0.05, 0) is 29.8 Å². The van der Waals surface area contributed by atoms with Crippen LogP contribution in [0.3, 0.4) is 0 Å². The molecule has 2 amide bonds. The summed E-state index contributed by atoms with van der Waals surface area (Å²) >= 11 is 0. The molecule has 0 unspecified atom stereocenters. The fourth-order valence-corrected chi connectivity index (χ4v) is 3.19. The van der Waals surface area contributed by atoms with Crippen LogP contribution in [-0.2, 0) is 6.54 Å². The van der Waals surface area contributed by atoms with E-state index in [1.807, 2.05) is 24.3 Å². The number of carbonyl (C=O) groups is 1. The SMILES string of the molecule is COc1ccc(NC(=O)NCCN2CCN(Cc3ccccc3)CC2)cc1. The molecule has 0 aliphatic carbocycles. The molecule has 0 atom stereocenters. The normalized spacial score (nSPS) is 15.3. The molecule has 0 aromatic heterocycles. The van der Waals surface area contributed by atoms with Gasteiger partial charge in [-0.1, -0.05) is 30.3 Å². The lowest BCUT2D eigenvalue weighted by atomic mass is 10.2. The van der Waals surface area contributed by atoms with E-state index in [9.17, 15) is 4.79 Å². The average Bonchev–Trinajstić information content (AvgIpc) is 2.71. The minimum atomic E-state index is -0.178. The summed E-state index contributed by atoms with van der Waals surface area (Å²) in [7, 11) is 1.62. The van der Waals surface area contributed by atoms with Gasteiger partial charge in [-0.3, -0.25) is 9.80 Å². The van der Waals surface area contributed by atoms with Crippen LogP contribution in [0.4, 0.5) is 10.5 Å². The van der Waals surface area contributed by atoms with Crippen LogP contribution in [0.25, 0.3) is 0 Å². The highest BCUT2D eigenvalue weighted by atomic mass is 16.5. The minimum absolute atomic E-state index is 0.178. The van der Waals surface area contributed by atoms with Gasteiger partial charge in [0.15, 0.2) is 0 Å². The van der Waals surface area contributed by atoms with Crippen molar-refractivity contribution in [2.24, 2.45) is 0 Å². The number of piperazine rings is 1. The van der Waals surface area contributed by atoms with Crippen LogP contribution in [0.2, 0.25) is 0 Å². The average molecular weight is 368 g/mol. The molecular formula is C21H28N4O2. The molecule has 0 radical (unpaired) electrons. The van der Waals surface area contributed by atoms with Gasteiger partial charge in [0.2, 0.25) is 0 Å². The Morgan fingerprint density at radius 2 is 1.63 bits per heavy atom. The number of rotatable bonds is 7. The third-order valence-electron chi connectivity index (χ3n) is 4.78. The number of anilines is 1. The smallest absolute Gasteiger partial charge is 0.319 e. The summed E-state index contributed by atoms with van der Waals surface area (Å²) in [6.07, 6.45) is 0. The Kier molecular flexibility index (Phi) is 7.07. The second-order valence-corrected chi connectivity index (χ2v) is 6.71. The van der Waals surface area contributed by atoms with Gasteiger partial charge in [-0.15, -0.1) is 0 Å². The van der Waals surface area contributed by atoms with E-state index in [4.69, 9.17) is 4.74 Å². The largest absolute Gasteiger partial charge is 0.497 e. The van der Waals surface area contributed by atoms with Gasteiger partial charge in [-0.25, -0.2) is 4.79 Å². The molecule has 1 fully saturated rings. The van der Waals surface area contributed by atoms with E-state index in [0.29, 0.717) is 6.54 Å². The highest BCUT2D eigenvalue weighted by Gasteiger charge is 2.16. The fourth-order valence-electron chi connectivity index (χ4n) is 3.19. The molecule has 1 aliphatic heterocycles. The molecule has 1 saturated heterocycles. The maximum atomic E-state index is 12.0. The molecule has 1 heterocycles. The molecule has 1 aliphatic rings. The van der Waals surface area contributed by atoms with Crippen LogP contribution >= 0.6 is 0 Å². The maximum Gasteiger partial charge on any atom is 0.319 e. The standard InChI is InChI=1S/C21H28N4O2/c1-27-20-9-7-19(8-10-20)23-21(26)22-11-12-24-13-15-25(16-14-24)17-18-5-3-2-4-6-18/h2-10H,11-17H2,1H3,(H2,22,23,26). The monoisotopic (exact) mass is 368 g/mol. The number of urea groups is 1. The number of ether oxygens (including phenoxy) is 1. The Bertz CT molecular complexity index is 698. The summed E-state index contributed by atoms with van der Waals surface area (Å²) in [5.41, 5.74) is 2.12. The number of carbonyl (C=O) groups excluding carboxylic acids is 1. The summed E-state index contributed by atoms with van der Waals surface area (Å²) in [6.45, 7) is 6.72. The van der Waals surface area contributed by atoms with Gasteiger partial charge in [0.05, 0.1) is 7.11 Å². The highest BCUT2D eigenvalue weighted by Crippen LogP contribution is 2.14. The molecule has 2 N–H and O–H groups in total. The summed E-state index contributed by atoms with van der Waals surface area (Å²) in [6, 6.07) is 17.7. The highest BCUT2D eigenvalue weighted by molar-refractivity contribution is 5.89. The van der Waals surface area contributed by atoms with Crippen molar-refractivity contribution in [2.75, 3.05) is 51.7 Å². The summed E-state index contributed by atoms with van der Waals surface area (Å²) in [4.78, 5) is 16.9. The fraction of sp³-hybridized carbons (Fsp3) is 0.381. The van der Waals surface area contributed by atoms with Crippen LogP contribution in [0.5, 0.6) is 5.75 Å². The van der Waals surface area contributed by atoms with Gasteiger partial charge in [0.1, 0.15) is 5.75 Å². The number of nitrogens with zero attached hydrogens (tertiary/aromatic N) is 2. The predicted octanol–water partition coefficient (Wildman–Crippen LogP) is 2.63. The Labute approximate surface area is 161 Å². The molecule has 27 heavy (non-hydrogen) atoms. The molecule has 6 heteroatoms. The van der Waals surface area contributed by atoms with E-state index >= 15 is 0 Å². The van der Waals surface area contributed by atoms with E-state index in [2.05, 4.69) is 50.8 Å². The first kappa shape index (κ1) is 19.2. The van der Waals surface area contributed by atoms with E-state index in [-0.39, 0.29) is 6.03 Å². The zero-order valence-corrected chi connectivity index (χ0v) is 15.9. The van der Waals surface area contributed by atoms with Crippen LogP contribution in [0.15, 0.2) is 54.6 Å². The van der Waals surface area contributed by atoms with E-state index in [1.165, 1.54) is 5.56 Å². The van der Waals surface area contributed by atoms with E-state index < -0.39 is 0 Å². The molecule has 0 saturated carbocycles. The first-order valence-corrected chi connectivity index (χ1v) is 9.40. The lowest BCUT2D eigenvalue weighted by Gasteiger charge is -2.34. The Morgan fingerprint density at radius 3 is 2.30 bits per heavy atom. The summed E-state index contributed by atoms with van der Waals surface area (Å²) in [5.74, 6) is 0.771. The number of amides is 2. The molecule has 2 aromatic rings. The van der Waals surface area contributed by atoms with Crippen LogP contribution in [0.1, 0.15) is 5.56 Å². The molecule has 144 valence electrons. The Hall–Kier alpha value is -2.57. The predicted molar refractivity (Wildman–Crippen MR) is 108 cm³/mol. The third kappa shape index (κ3) is 6.27. The van der Waals surface area contributed by atoms with Gasteiger partial charge in [0.25, 0.3) is 0 Å². The van der Waals surface area contributed by atoms with Crippen LogP contribution in [-0.4, -0.2) is 62.2 Å². The molecular weight excluding hydrogens is 340 g/mol. The van der Waals surface area contributed by atoms with Crippen molar-refractivity contribution in [3.63, 3.8) is 0 Å². The van der Waals surface area contributed by atoms with Crippen molar-refractivity contribution in [3.05, 3.63) is 60.2 Å². The van der Waals surface area contributed by atoms with Gasteiger partial charge < -0.3 is 15.4 Å². The summed E-state index contributed by atoms with van der Waals surface area (Å²) in [5, 5.41) is 5.75. The number of nitrogens with one attached hydrogen (secondary N) is 2. The summed E-state index contributed by atoms with van der Waals surface area (Å²) < 4.78 is 5.11. The molecule has 0 bridgehead atoms. The van der Waals surface area contributed by atoms with Crippen molar-refractivity contribution in [1.82, 2.24) is 15.1 Å². The zero-order chi connectivity index (χ0) is 18.9. The van der Waals surface area contributed by atoms with E-state index in [1.54, 1.807) is 7.11 Å². The lowest BCUT2D eigenvalue weighted by Crippen LogP contribution is -2.48. The quantitative estimate of drug-likeness (QED) is 0.789. The number of hydrogen-bond donors (Lipinski definition) is 2. The van der Waals surface area contributed by atoms with E-state index in [0.717, 1.165) is 50.7 Å². The molecule has 3 rings (SSSR count). The van der Waals surface area contributed by atoms with Crippen molar-refractivity contribution >= 4 is 11.7 Å². The second kappa shape index (κ2) is 9.94. The Morgan fingerprint density at radius 1 is 0.963 bits per heavy atom. The molecule has 2 aromatic carbocycles. The Balaban J connectivity index is 1.31. The topological polar surface area (TPSA) is 56.8 Å². The van der Waals surface area contributed by atoms with Gasteiger partial charge in [0, 0.05) is 51.5 Å². The van der Waals surface area contributed by atoms with Crippen molar-refractivity contribution in [2.45, 2.75) is 6.54 Å². The second-order valence-electron chi connectivity index (χ2n) is 6.71. The first-order chi connectivity index (χ1) is 13.2. The van der Waals surface area contributed by atoms with Crippen molar-refractivity contribution < 1.29 is 9.53 Å². The number of hydrogen-bond acceptors (Lipinski definition) is 4. The molecule has 6 nitrogen and oxygen atoms in total. The van der Waals surface area contributed by atoms with Crippen LogP contribution < -0.4 is 15.4 Å². The number of methoxy groups -OCH3 is 1. The van der Waals surface area contributed by atoms with Crippen LogP contribution in [0, 0.1) is 0 Å². The van der Waals surface area contributed by atoms with Crippen molar-refractivity contribution in [3.8, 4) is 5.75 Å². The number of benzene rings is 2. The first-order valence-electron chi connectivity index (χ1n) is 9.40. The molecule has 0 spiro atoms. The lowest BCUT2D eigenvalue weighted by molar-refractivity contribution is 0.128. The van der Waals surface area contributed by atoms with Gasteiger partial charge >= 0.3 is 6.03 Å². The third-order valence-corrected chi connectivity index (χ3v) is 4.78. The minimum Gasteiger partial charge on any atom is -0.497 e. The van der Waals surface area contributed by atoms with Gasteiger partial charge in [-0.2, -0.15) is 0 Å². The van der Waals surface area contributed by atoms with Crippen molar-refractivity contribution in [1.29, 1.82) is 0 Å². The maximum absolute atomic E-state index is 12.0. The zero-order valence-electron chi connectivity index (χ0n) is 15.9.